The molecule has 0 N–H and O–H groups in total. The molecule has 0 unspecified atom stereocenters. The van der Waals surface area contributed by atoms with Gasteiger partial charge in [0.25, 0.3) is 0 Å². The average Bonchev–Trinajstić information content (AvgIpc) is 2.55. The number of hydrogen-bond acceptors (Lipinski definition) is 5. The summed E-state index contributed by atoms with van der Waals surface area (Å²) in [5.41, 5.74) is 0.0437. The minimum absolute atomic E-state index is 0.0437. The van der Waals surface area contributed by atoms with Crippen molar-refractivity contribution in [1.29, 1.82) is 5.26 Å². The predicted octanol–water partition coefficient (Wildman–Crippen LogP) is 1.67. The van der Waals surface area contributed by atoms with Crippen molar-refractivity contribution in [2.75, 3.05) is 32.8 Å². The summed E-state index contributed by atoms with van der Waals surface area (Å²) in [6.07, 6.45) is -0.454. The maximum absolute atomic E-state index is 12.7. The monoisotopic (exact) mass is 357 g/mol. The molecule has 1 saturated heterocycles. The van der Waals surface area contributed by atoms with Crippen molar-refractivity contribution in [3.05, 3.63) is 28.8 Å². The van der Waals surface area contributed by atoms with Gasteiger partial charge in [0.2, 0.25) is 10.0 Å². The second-order valence-electron chi connectivity index (χ2n) is 4.84. The molecule has 1 aliphatic rings. The Bertz CT molecular complexity index is 737. The number of halogens is 1. The Morgan fingerprint density at radius 3 is 2.57 bits per heavy atom. The van der Waals surface area contributed by atoms with Crippen LogP contribution in [0.5, 0.6) is 0 Å². The van der Waals surface area contributed by atoms with Crippen LogP contribution in [0.3, 0.4) is 0 Å². The molecule has 0 spiro atoms. The van der Waals surface area contributed by atoms with E-state index >= 15 is 0 Å². The zero-order valence-corrected chi connectivity index (χ0v) is 14.1. The van der Waals surface area contributed by atoms with Gasteiger partial charge in [-0.3, -0.25) is 0 Å². The van der Waals surface area contributed by atoms with E-state index in [-0.39, 0.29) is 48.3 Å². The molecule has 1 aromatic carbocycles. The molecule has 0 aromatic heterocycles. The molecule has 124 valence electrons. The molecule has 0 atom stereocenters. The zero-order valence-electron chi connectivity index (χ0n) is 12.5. The van der Waals surface area contributed by atoms with Gasteiger partial charge in [0.05, 0.1) is 12.2 Å². The summed E-state index contributed by atoms with van der Waals surface area (Å²) in [4.78, 5) is 13.0. The Balaban J connectivity index is 2.19. The molecule has 0 aliphatic carbocycles. The molecule has 1 aliphatic heterocycles. The number of amides is 1. The van der Waals surface area contributed by atoms with E-state index < -0.39 is 16.1 Å². The maximum atomic E-state index is 12.7. The number of ether oxygens (including phenoxy) is 1. The van der Waals surface area contributed by atoms with Gasteiger partial charge in [-0.1, -0.05) is 11.6 Å². The first kappa shape index (κ1) is 17.5. The van der Waals surface area contributed by atoms with E-state index in [4.69, 9.17) is 21.6 Å². The van der Waals surface area contributed by atoms with E-state index in [0.29, 0.717) is 0 Å². The van der Waals surface area contributed by atoms with Crippen LogP contribution in [0.15, 0.2) is 23.1 Å². The van der Waals surface area contributed by atoms with Crippen molar-refractivity contribution in [3.8, 4) is 6.07 Å². The van der Waals surface area contributed by atoms with Gasteiger partial charge >= 0.3 is 6.09 Å². The Kier molecular flexibility index (Phi) is 5.46. The lowest BCUT2D eigenvalue weighted by Gasteiger charge is -2.33. The zero-order chi connectivity index (χ0) is 17.0. The number of carbonyl (C=O) groups excluding carboxylic acids is 1. The lowest BCUT2D eigenvalue weighted by Crippen LogP contribution is -2.50. The molecule has 0 bridgehead atoms. The molecular weight excluding hydrogens is 342 g/mol. The van der Waals surface area contributed by atoms with Gasteiger partial charge in [-0.25, -0.2) is 13.2 Å². The topological polar surface area (TPSA) is 90.7 Å². The first-order chi connectivity index (χ1) is 10.9. The summed E-state index contributed by atoms with van der Waals surface area (Å²) in [5, 5.41) is 9.34. The van der Waals surface area contributed by atoms with Gasteiger partial charge in [0.1, 0.15) is 11.0 Å². The highest BCUT2D eigenvalue weighted by molar-refractivity contribution is 7.89. The summed E-state index contributed by atoms with van der Waals surface area (Å²) in [7, 11) is -3.84. The molecule has 0 radical (unpaired) electrons. The van der Waals surface area contributed by atoms with Crippen molar-refractivity contribution in [2.45, 2.75) is 11.8 Å². The van der Waals surface area contributed by atoms with Gasteiger partial charge in [0.15, 0.2) is 0 Å². The SMILES string of the molecule is CCOC(=O)N1CCN(S(=O)(=O)c2cc(Cl)ccc2C#N)CC1. The second kappa shape index (κ2) is 7.17. The molecule has 7 nitrogen and oxygen atoms in total. The van der Waals surface area contributed by atoms with Crippen LogP contribution in [0.4, 0.5) is 4.79 Å². The van der Waals surface area contributed by atoms with E-state index in [1.807, 2.05) is 6.07 Å². The fourth-order valence-corrected chi connectivity index (χ4v) is 4.09. The van der Waals surface area contributed by atoms with Crippen LogP contribution in [0.25, 0.3) is 0 Å². The lowest BCUT2D eigenvalue weighted by molar-refractivity contribution is 0.0934. The molecular formula is C14H16ClN3O4S. The Labute approximate surface area is 140 Å². The summed E-state index contributed by atoms with van der Waals surface area (Å²) < 4.78 is 31.5. The first-order valence-corrected chi connectivity index (χ1v) is 8.83. The number of nitriles is 1. The first-order valence-electron chi connectivity index (χ1n) is 7.01. The van der Waals surface area contributed by atoms with Gasteiger partial charge in [-0.05, 0) is 25.1 Å². The van der Waals surface area contributed by atoms with E-state index in [0.717, 1.165) is 0 Å². The molecule has 1 heterocycles. The highest BCUT2D eigenvalue weighted by atomic mass is 35.5. The number of carbonyl (C=O) groups is 1. The minimum Gasteiger partial charge on any atom is -0.450 e. The largest absolute Gasteiger partial charge is 0.450 e. The van der Waals surface area contributed by atoms with Crippen LogP contribution >= 0.6 is 11.6 Å². The number of rotatable bonds is 3. The fraction of sp³-hybridized carbons (Fsp3) is 0.429. The highest BCUT2D eigenvalue weighted by Gasteiger charge is 2.32. The highest BCUT2D eigenvalue weighted by Crippen LogP contribution is 2.24. The Hall–Kier alpha value is -1.82. The van der Waals surface area contributed by atoms with E-state index in [1.165, 1.54) is 27.4 Å². The Morgan fingerprint density at radius 2 is 2.00 bits per heavy atom. The number of piperazine rings is 1. The molecule has 1 fully saturated rings. The molecule has 23 heavy (non-hydrogen) atoms. The summed E-state index contributed by atoms with van der Waals surface area (Å²) in [5.74, 6) is 0. The lowest BCUT2D eigenvalue weighted by atomic mass is 10.2. The van der Waals surface area contributed by atoms with Gasteiger partial charge in [-0.2, -0.15) is 9.57 Å². The van der Waals surface area contributed by atoms with Crippen LogP contribution < -0.4 is 0 Å². The van der Waals surface area contributed by atoms with Gasteiger partial charge < -0.3 is 9.64 Å². The molecule has 2 rings (SSSR count). The van der Waals surface area contributed by atoms with Crippen molar-refractivity contribution in [3.63, 3.8) is 0 Å². The van der Waals surface area contributed by atoms with Gasteiger partial charge in [-0.15, -0.1) is 0 Å². The van der Waals surface area contributed by atoms with Crippen LogP contribution in [0, 0.1) is 11.3 Å². The van der Waals surface area contributed by atoms with Crippen LogP contribution in [-0.4, -0.2) is 56.5 Å². The normalized spacial score (nSPS) is 16.0. The van der Waals surface area contributed by atoms with E-state index in [1.54, 1.807) is 6.92 Å². The average molecular weight is 358 g/mol. The summed E-state index contributed by atoms with van der Waals surface area (Å²) in [6, 6.07) is 5.98. The predicted molar refractivity (Wildman–Crippen MR) is 83.5 cm³/mol. The molecule has 9 heteroatoms. The summed E-state index contributed by atoms with van der Waals surface area (Å²) >= 11 is 5.86. The van der Waals surface area contributed by atoms with Crippen LogP contribution in [0.2, 0.25) is 5.02 Å². The van der Waals surface area contributed by atoms with Crippen LogP contribution in [0.1, 0.15) is 12.5 Å². The van der Waals surface area contributed by atoms with Crippen LogP contribution in [-0.2, 0) is 14.8 Å². The third-order valence-corrected chi connectivity index (χ3v) is 5.62. The van der Waals surface area contributed by atoms with Crippen molar-refractivity contribution in [1.82, 2.24) is 9.21 Å². The molecule has 1 amide bonds. The number of hydrogen-bond donors (Lipinski definition) is 0. The standard InChI is InChI=1S/C14H16ClN3O4S/c1-2-22-14(19)17-5-7-18(8-6-17)23(20,21)13-9-12(15)4-3-11(13)10-16/h3-4,9H,2,5-8H2,1H3. The third kappa shape index (κ3) is 3.75. The maximum Gasteiger partial charge on any atom is 0.409 e. The number of sulfonamides is 1. The van der Waals surface area contributed by atoms with Crippen molar-refractivity contribution < 1.29 is 17.9 Å². The minimum atomic E-state index is -3.84. The molecule has 0 saturated carbocycles. The van der Waals surface area contributed by atoms with E-state index in [9.17, 15) is 13.2 Å². The molecule has 1 aromatic rings. The van der Waals surface area contributed by atoms with Crippen molar-refractivity contribution >= 4 is 27.7 Å². The third-order valence-electron chi connectivity index (χ3n) is 3.45. The Morgan fingerprint density at radius 1 is 1.35 bits per heavy atom. The quantitative estimate of drug-likeness (QED) is 0.820. The van der Waals surface area contributed by atoms with Gasteiger partial charge in [0, 0.05) is 31.2 Å². The fourth-order valence-electron chi connectivity index (χ4n) is 2.27. The summed E-state index contributed by atoms with van der Waals surface area (Å²) in [6.45, 7) is 2.73. The smallest absolute Gasteiger partial charge is 0.409 e. The number of nitrogens with zero attached hydrogens (tertiary/aromatic N) is 3. The number of benzene rings is 1. The van der Waals surface area contributed by atoms with E-state index in [2.05, 4.69) is 0 Å². The van der Waals surface area contributed by atoms with Crippen molar-refractivity contribution in [2.24, 2.45) is 0 Å². The second-order valence-corrected chi connectivity index (χ2v) is 7.19.